The lowest BCUT2D eigenvalue weighted by molar-refractivity contribution is 0.667. The van der Waals surface area contributed by atoms with E-state index < -0.39 is 0 Å². The van der Waals surface area contributed by atoms with Crippen molar-refractivity contribution in [3.8, 4) is 0 Å². The maximum Gasteiger partial charge on any atom is 0.191 e. The summed E-state index contributed by atoms with van der Waals surface area (Å²) in [6.45, 7) is 0.824. The Hall–Kier alpha value is -1.78. The monoisotopic (exact) mass is 355 g/mol. The third-order valence-electron chi connectivity index (χ3n) is 4.19. The quantitative estimate of drug-likeness (QED) is 0.573. The van der Waals surface area contributed by atoms with Gasteiger partial charge in [0, 0.05) is 16.7 Å². The van der Waals surface area contributed by atoms with Crippen LogP contribution in [0.15, 0.2) is 59.8 Å². The second-order valence-electron chi connectivity index (χ2n) is 6.07. The smallest absolute Gasteiger partial charge is 0.191 e. The summed E-state index contributed by atoms with van der Waals surface area (Å²) in [6.07, 6.45) is 2.45. The molecule has 24 heavy (non-hydrogen) atoms. The second kappa shape index (κ2) is 6.99. The van der Waals surface area contributed by atoms with Crippen LogP contribution in [0.4, 0.5) is 0 Å². The molecule has 0 aliphatic heterocycles. The Morgan fingerprint density at radius 1 is 1.00 bits per heavy atom. The van der Waals surface area contributed by atoms with Gasteiger partial charge in [0.05, 0.1) is 6.54 Å². The van der Waals surface area contributed by atoms with Crippen molar-refractivity contribution in [2.24, 2.45) is 0 Å². The van der Waals surface area contributed by atoms with Crippen LogP contribution in [-0.2, 0) is 12.3 Å². The van der Waals surface area contributed by atoms with E-state index in [9.17, 15) is 0 Å². The number of rotatable bonds is 6. The van der Waals surface area contributed by atoms with Crippen molar-refractivity contribution >= 4 is 23.4 Å². The van der Waals surface area contributed by atoms with E-state index in [2.05, 4.69) is 45.1 Å². The van der Waals surface area contributed by atoms with Gasteiger partial charge in [-0.2, -0.15) is 0 Å². The van der Waals surface area contributed by atoms with E-state index in [1.807, 2.05) is 24.3 Å². The molecule has 5 heteroatoms. The molecule has 0 atom stereocenters. The van der Waals surface area contributed by atoms with Gasteiger partial charge in [-0.3, -0.25) is 0 Å². The molecule has 0 bridgehead atoms. The normalized spacial score (nSPS) is 14.0. The molecule has 1 fully saturated rings. The highest BCUT2D eigenvalue weighted by Gasteiger charge is 2.30. The number of halogens is 1. The van der Waals surface area contributed by atoms with Crippen molar-refractivity contribution in [2.45, 2.75) is 36.2 Å². The molecular formula is C19H18ClN3S. The summed E-state index contributed by atoms with van der Waals surface area (Å²) < 4.78 is 2.27. The first-order valence-corrected chi connectivity index (χ1v) is 9.51. The standard InChI is InChI=1S/C19H18ClN3S/c20-17-9-5-4-8-16(17)13-24-19-22-21-18(15-10-11-15)23(19)12-14-6-2-1-3-7-14/h1-9,15H,10-13H2. The minimum absolute atomic E-state index is 0.580. The van der Waals surface area contributed by atoms with Gasteiger partial charge in [-0.1, -0.05) is 71.9 Å². The lowest BCUT2D eigenvalue weighted by Crippen LogP contribution is -2.06. The average Bonchev–Trinajstić information content (AvgIpc) is 3.38. The zero-order valence-corrected chi connectivity index (χ0v) is 14.8. The molecule has 3 nitrogen and oxygen atoms in total. The SMILES string of the molecule is Clc1ccccc1CSc1nnc(C2CC2)n1Cc1ccccc1. The van der Waals surface area contributed by atoms with Crippen molar-refractivity contribution < 1.29 is 0 Å². The van der Waals surface area contributed by atoms with E-state index in [1.165, 1.54) is 18.4 Å². The van der Waals surface area contributed by atoms with E-state index >= 15 is 0 Å². The Bertz CT molecular complexity index is 828. The minimum atomic E-state index is 0.580. The van der Waals surface area contributed by atoms with E-state index in [1.54, 1.807) is 11.8 Å². The molecule has 0 amide bonds. The Labute approximate surface area is 151 Å². The van der Waals surface area contributed by atoms with Crippen molar-refractivity contribution in [3.05, 3.63) is 76.6 Å². The lowest BCUT2D eigenvalue weighted by atomic mass is 10.2. The van der Waals surface area contributed by atoms with Crippen molar-refractivity contribution in [2.75, 3.05) is 0 Å². The van der Waals surface area contributed by atoms with E-state index in [0.717, 1.165) is 33.9 Å². The molecule has 1 saturated carbocycles. The van der Waals surface area contributed by atoms with Crippen LogP contribution in [0, 0.1) is 0 Å². The van der Waals surface area contributed by atoms with Crippen LogP contribution in [0.2, 0.25) is 5.02 Å². The highest BCUT2D eigenvalue weighted by molar-refractivity contribution is 7.98. The van der Waals surface area contributed by atoms with Crippen LogP contribution >= 0.6 is 23.4 Å². The summed E-state index contributed by atoms with van der Waals surface area (Å²) in [5, 5.41) is 10.7. The summed E-state index contributed by atoms with van der Waals surface area (Å²) in [6, 6.07) is 18.5. The van der Waals surface area contributed by atoms with E-state index in [4.69, 9.17) is 11.6 Å². The first kappa shape index (κ1) is 15.7. The Morgan fingerprint density at radius 3 is 2.50 bits per heavy atom. The fourth-order valence-electron chi connectivity index (χ4n) is 2.72. The number of aromatic nitrogens is 3. The van der Waals surface area contributed by atoms with Gasteiger partial charge in [-0.25, -0.2) is 0 Å². The summed E-state index contributed by atoms with van der Waals surface area (Å²) in [4.78, 5) is 0. The highest BCUT2D eigenvalue weighted by atomic mass is 35.5. The summed E-state index contributed by atoms with van der Waals surface area (Å²) in [7, 11) is 0. The van der Waals surface area contributed by atoms with Gasteiger partial charge in [-0.15, -0.1) is 10.2 Å². The van der Waals surface area contributed by atoms with Gasteiger partial charge in [0.1, 0.15) is 5.82 Å². The molecule has 3 aromatic rings. The number of benzene rings is 2. The Kier molecular flexibility index (Phi) is 4.58. The van der Waals surface area contributed by atoms with Gasteiger partial charge in [0.15, 0.2) is 5.16 Å². The van der Waals surface area contributed by atoms with E-state index in [-0.39, 0.29) is 0 Å². The van der Waals surface area contributed by atoms with Crippen molar-refractivity contribution in [1.29, 1.82) is 0 Å². The van der Waals surface area contributed by atoms with Crippen LogP contribution in [-0.4, -0.2) is 14.8 Å². The molecule has 1 aromatic heterocycles. The van der Waals surface area contributed by atoms with Gasteiger partial charge in [0.2, 0.25) is 0 Å². The molecule has 1 aliphatic carbocycles. The number of hydrogen-bond acceptors (Lipinski definition) is 3. The van der Waals surface area contributed by atoms with Gasteiger partial charge < -0.3 is 4.57 Å². The zero-order valence-electron chi connectivity index (χ0n) is 13.2. The average molecular weight is 356 g/mol. The largest absolute Gasteiger partial charge is 0.301 e. The van der Waals surface area contributed by atoms with Crippen LogP contribution in [0.5, 0.6) is 0 Å². The first-order valence-electron chi connectivity index (χ1n) is 8.14. The summed E-state index contributed by atoms with van der Waals surface area (Å²) in [5.74, 6) is 2.51. The zero-order chi connectivity index (χ0) is 16.4. The fraction of sp³-hybridized carbons (Fsp3) is 0.263. The topological polar surface area (TPSA) is 30.7 Å². The van der Waals surface area contributed by atoms with Crippen LogP contribution < -0.4 is 0 Å². The number of nitrogens with zero attached hydrogens (tertiary/aromatic N) is 3. The lowest BCUT2D eigenvalue weighted by Gasteiger charge is -2.10. The van der Waals surface area contributed by atoms with E-state index in [0.29, 0.717) is 5.92 Å². The molecule has 1 heterocycles. The maximum absolute atomic E-state index is 6.27. The van der Waals surface area contributed by atoms with Crippen LogP contribution in [0.1, 0.15) is 35.7 Å². The molecule has 0 spiro atoms. The molecule has 4 rings (SSSR count). The second-order valence-corrected chi connectivity index (χ2v) is 7.42. The fourth-order valence-corrected chi connectivity index (χ4v) is 3.95. The summed E-state index contributed by atoms with van der Waals surface area (Å²) >= 11 is 7.97. The highest BCUT2D eigenvalue weighted by Crippen LogP contribution is 2.40. The van der Waals surface area contributed by atoms with Crippen LogP contribution in [0.25, 0.3) is 0 Å². The third-order valence-corrected chi connectivity index (χ3v) is 5.57. The first-order chi connectivity index (χ1) is 11.8. The minimum Gasteiger partial charge on any atom is -0.301 e. The molecule has 0 unspecified atom stereocenters. The molecule has 0 N–H and O–H groups in total. The maximum atomic E-state index is 6.27. The van der Waals surface area contributed by atoms with Crippen molar-refractivity contribution in [1.82, 2.24) is 14.8 Å². The summed E-state index contributed by atoms with van der Waals surface area (Å²) in [5.41, 5.74) is 2.41. The molecule has 1 aliphatic rings. The molecule has 122 valence electrons. The van der Waals surface area contributed by atoms with Crippen LogP contribution in [0.3, 0.4) is 0 Å². The third kappa shape index (κ3) is 3.50. The molecular weight excluding hydrogens is 338 g/mol. The Morgan fingerprint density at radius 2 is 1.75 bits per heavy atom. The predicted molar refractivity (Wildman–Crippen MR) is 98.6 cm³/mol. The van der Waals surface area contributed by atoms with Crippen molar-refractivity contribution in [3.63, 3.8) is 0 Å². The predicted octanol–water partition coefficient (Wildman–Crippen LogP) is 5.15. The van der Waals surface area contributed by atoms with Gasteiger partial charge in [0.25, 0.3) is 0 Å². The molecule has 2 aromatic carbocycles. The number of thioether (sulfide) groups is 1. The Balaban J connectivity index is 1.57. The van der Waals surface area contributed by atoms with Gasteiger partial charge >= 0.3 is 0 Å². The van der Waals surface area contributed by atoms with Gasteiger partial charge in [-0.05, 0) is 30.0 Å². The molecule has 0 saturated heterocycles. The molecule has 0 radical (unpaired) electrons. The number of hydrogen-bond donors (Lipinski definition) is 0.